The van der Waals surface area contributed by atoms with Gasteiger partial charge >= 0.3 is 0 Å². The molecule has 4 N–H and O–H groups in total. The van der Waals surface area contributed by atoms with E-state index in [1.54, 1.807) is 0 Å². The van der Waals surface area contributed by atoms with Gasteiger partial charge in [-0.3, -0.25) is 14.1 Å². The van der Waals surface area contributed by atoms with Gasteiger partial charge in [-0.15, -0.1) is 0 Å². The molecule has 15 heteroatoms. The minimum Gasteiger partial charge on any atom is -0.480 e. The molecule has 0 saturated heterocycles. The first-order valence-corrected chi connectivity index (χ1v) is 14.0. The van der Waals surface area contributed by atoms with E-state index in [0.29, 0.717) is 0 Å². The van der Waals surface area contributed by atoms with E-state index in [-0.39, 0.29) is 70.3 Å². The van der Waals surface area contributed by atoms with Crippen molar-refractivity contribution in [2.24, 2.45) is 9.98 Å². The molecule has 1 atom stereocenters. The number of hydrogen-bond donors (Lipinski definition) is 4. The van der Waals surface area contributed by atoms with Crippen molar-refractivity contribution < 1.29 is 50.4 Å². The predicted molar refractivity (Wildman–Crippen MR) is 138 cm³/mol. The van der Waals surface area contributed by atoms with Gasteiger partial charge in [0.1, 0.15) is 11.2 Å². The van der Waals surface area contributed by atoms with Crippen LogP contribution in [0.4, 0.5) is 0 Å². The number of furan rings is 2. The van der Waals surface area contributed by atoms with Gasteiger partial charge in [-0.1, -0.05) is 0 Å². The topological polar surface area (TPSA) is 217 Å². The Morgan fingerprint density at radius 2 is 1.22 bits per heavy atom. The Morgan fingerprint density at radius 1 is 0.732 bits per heavy atom. The summed E-state index contributed by atoms with van der Waals surface area (Å²) in [5.74, 6) is -2.91. The second-order valence-electron chi connectivity index (χ2n) is 9.08. The van der Waals surface area contributed by atoms with Gasteiger partial charge in [0.2, 0.25) is 0 Å². The van der Waals surface area contributed by atoms with Crippen LogP contribution in [-0.2, 0) is 30.8 Å². The van der Waals surface area contributed by atoms with Crippen molar-refractivity contribution in [3.05, 3.63) is 80.8 Å². The number of carbonyl (C=O) groups excluding carboxylic acids is 2. The minimum absolute atomic E-state index is 0.000144. The van der Waals surface area contributed by atoms with E-state index < -0.39 is 49.8 Å². The maximum absolute atomic E-state index is 12.9. The van der Waals surface area contributed by atoms with Crippen molar-refractivity contribution in [1.29, 1.82) is 0 Å². The Labute approximate surface area is 228 Å². The smallest absolute Gasteiger partial charge is 0.294 e. The van der Waals surface area contributed by atoms with Crippen molar-refractivity contribution in [1.82, 2.24) is 0 Å². The summed E-state index contributed by atoms with van der Waals surface area (Å²) >= 11 is -2.35. The van der Waals surface area contributed by atoms with Crippen molar-refractivity contribution >= 4 is 66.1 Å². The van der Waals surface area contributed by atoms with Gasteiger partial charge < -0.3 is 23.6 Å². The van der Waals surface area contributed by atoms with E-state index in [0.717, 1.165) is 12.1 Å². The van der Waals surface area contributed by atoms with Crippen LogP contribution in [0.3, 0.4) is 0 Å². The van der Waals surface area contributed by atoms with Gasteiger partial charge in [-0.25, -0.2) is 14.2 Å². The molecular weight excluding hydrogens is 580 g/mol. The highest BCUT2D eigenvalue weighted by molar-refractivity contribution is 7.85. The van der Waals surface area contributed by atoms with Gasteiger partial charge in [-0.2, -0.15) is 8.42 Å². The first kappa shape index (κ1) is 25.0. The van der Waals surface area contributed by atoms with E-state index in [2.05, 4.69) is 9.98 Å². The highest BCUT2D eigenvalue weighted by Crippen LogP contribution is 2.43. The number of fused-ring (bicyclic) bond motifs is 4. The highest BCUT2D eigenvalue weighted by Gasteiger charge is 2.31. The third-order valence-electron chi connectivity index (χ3n) is 6.81. The third-order valence-corrected chi connectivity index (χ3v) is 8.31. The molecule has 2 aliphatic rings. The molecule has 0 fully saturated rings. The van der Waals surface area contributed by atoms with Crippen molar-refractivity contribution in [2.45, 2.75) is 9.79 Å². The fourth-order valence-corrected chi connectivity index (χ4v) is 5.99. The number of amides is 2. The molecule has 7 rings (SSSR count). The molecule has 0 bridgehead atoms. The molecular formula is C26H12N2O11S2. The summed E-state index contributed by atoms with van der Waals surface area (Å²) in [4.78, 5) is 33.1. The summed E-state index contributed by atoms with van der Waals surface area (Å²) in [5.41, 5.74) is -0.494. The monoisotopic (exact) mass is 592 g/mol. The number of nitrogens with zero attached hydrogens (tertiary/aromatic N) is 2. The lowest BCUT2D eigenvalue weighted by molar-refractivity contribution is -0.113. The van der Waals surface area contributed by atoms with Crippen molar-refractivity contribution in [2.75, 3.05) is 0 Å². The highest BCUT2D eigenvalue weighted by atomic mass is 32.2. The lowest BCUT2D eigenvalue weighted by atomic mass is 9.98. The molecule has 2 aromatic heterocycles. The zero-order chi connectivity index (χ0) is 29.0. The SMILES string of the molecule is O=C1N=c2ccc(S(=O)O)cc2=C1c1c(O)oc2cc3c(C4=c5cc(S(=O)(=O)O)ccc5=NC4=O)c(O)oc3cc12. The average Bonchev–Trinajstić information content (AvgIpc) is 3.59. The first-order chi connectivity index (χ1) is 19.4. The molecule has 0 radical (unpaired) electrons. The molecule has 5 aromatic rings. The van der Waals surface area contributed by atoms with Gasteiger partial charge in [0.15, 0.2) is 11.1 Å². The lowest BCUT2D eigenvalue weighted by Crippen LogP contribution is -2.24. The van der Waals surface area contributed by atoms with Crippen LogP contribution in [-0.4, -0.2) is 43.8 Å². The third kappa shape index (κ3) is 3.60. The summed E-state index contributed by atoms with van der Waals surface area (Å²) in [7, 11) is -4.62. The van der Waals surface area contributed by atoms with E-state index in [1.807, 2.05) is 0 Å². The number of carbonyl (C=O) groups is 2. The molecule has 204 valence electrons. The maximum atomic E-state index is 12.9. The molecule has 2 aliphatic heterocycles. The molecule has 4 heterocycles. The predicted octanol–water partition coefficient (Wildman–Crippen LogP) is 0.135. The minimum atomic E-state index is -4.62. The largest absolute Gasteiger partial charge is 0.480 e. The second kappa shape index (κ2) is 8.28. The van der Waals surface area contributed by atoms with Crippen LogP contribution in [0.25, 0.3) is 33.1 Å². The van der Waals surface area contributed by atoms with Gasteiger partial charge in [-0.05, 0) is 48.5 Å². The molecule has 0 saturated carbocycles. The van der Waals surface area contributed by atoms with Crippen molar-refractivity contribution in [3.8, 4) is 11.9 Å². The number of hydrogen-bond acceptors (Lipinski definition) is 9. The molecule has 41 heavy (non-hydrogen) atoms. The van der Waals surface area contributed by atoms with Gasteiger partial charge in [0.25, 0.3) is 33.8 Å². The Morgan fingerprint density at radius 3 is 1.71 bits per heavy atom. The number of benzene rings is 3. The fraction of sp³-hybridized carbons (Fsp3) is 0. The Hall–Kier alpha value is -4.96. The lowest BCUT2D eigenvalue weighted by Gasteiger charge is -2.01. The second-order valence-corrected chi connectivity index (χ2v) is 11.5. The van der Waals surface area contributed by atoms with Crippen LogP contribution >= 0.6 is 0 Å². The summed E-state index contributed by atoms with van der Waals surface area (Å²) in [6.07, 6.45) is 0. The zero-order valence-electron chi connectivity index (χ0n) is 20.0. The Bertz CT molecular complexity index is 2490. The van der Waals surface area contributed by atoms with Crippen molar-refractivity contribution in [3.63, 3.8) is 0 Å². The molecule has 0 aliphatic carbocycles. The van der Waals surface area contributed by atoms with E-state index >= 15 is 0 Å². The Balaban J connectivity index is 1.52. The molecule has 0 spiro atoms. The van der Waals surface area contributed by atoms with E-state index in [9.17, 15) is 41.5 Å². The summed E-state index contributed by atoms with van der Waals surface area (Å²) in [6.45, 7) is 0. The standard InChI is InChI=1S/C26H12N2O11S2/c29-23-19(11-5-9(40(33)34)1-3-15(11)27-23)21-13-7-18-14(8-17(13)38-25(21)31)22(26(32)39-18)20-12-6-10(41(35,36)37)2-4-16(12)28-24(20)30/h1-8,31-32H,(H,33,34)(H,35,36,37). The maximum Gasteiger partial charge on any atom is 0.294 e. The normalized spacial score (nSPS) is 15.4. The quantitative estimate of drug-likeness (QED) is 0.162. The van der Waals surface area contributed by atoms with Gasteiger partial charge in [0.05, 0.1) is 42.8 Å². The first-order valence-electron chi connectivity index (χ1n) is 11.5. The van der Waals surface area contributed by atoms with Crippen LogP contribution in [0.1, 0.15) is 11.1 Å². The molecule has 3 aromatic carbocycles. The van der Waals surface area contributed by atoms with Crippen LogP contribution in [0.15, 0.2) is 77.1 Å². The van der Waals surface area contributed by atoms with Crippen LogP contribution in [0.5, 0.6) is 11.9 Å². The molecule has 2 amide bonds. The average molecular weight is 593 g/mol. The molecule has 1 unspecified atom stereocenters. The number of rotatable bonds is 4. The fourth-order valence-electron chi connectivity index (χ4n) is 5.08. The van der Waals surface area contributed by atoms with Gasteiger partial charge in [0, 0.05) is 21.2 Å². The van der Waals surface area contributed by atoms with E-state index in [1.165, 1.54) is 36.4 Å². The summed E-state index contributed by atoms with van der Waals surface area (Å²) < 4.78 is 65.0. The van der Waals surface area contributed by atoms with Crippen LogP contribution < -0.4 is 21.2 Å². The zero-order valence-corrected chi connectivity index (χ0v) is 21.6. The van der Waals surface area contributed by atoms with E-state index in [4.69, 9.17) is 8.83 Å². The summed E-state index contributed by atoms with van der Waals surface area (Å²) in [6, 6.07) is 10.1. The number of aromatic hydroxyl groups is 2. The Kier molecular flexibility index (Phi) is 5.05. The van der Waals surface area contributed by atoms with Crippen LogP contribution in [0, 0.1) is 0 Å². The molecule has 13 nitrogen and oxygen atoms in total. The summed E-state index contributed by atoms with van der Waals surface area (Å²) in [5, 5.41) is 22.3. The van der Waals surface area contributed by atoms with Crippen LogP contribution in [0.2, 0.25) is 0 Å².